The van der Waals surface area contributed by atoms with Crippen LogP contribution < -0.4 is 5.73 Å². The van der Waals surface area contributed by atoms with E-state index in [9.17, 15) is 4.79 Å². The van der Waals surface area contributed by atoms with Crippen molar-refractivity contribution >= 4 is 35.0 Å². The lowest BCUT2D eigenvalue weighted by Crippen LogP contribution is -1.99. The monoisotopic (exact) mass is 293 g/mol. The second kappa shape index (κ2) is 5.99. The lowest BCUT2D eigenvalue weighted by Gasteiger charge is -2.06. The summed E-state index contributed by atoms with van der Waals surface area (Å²) in [6.07, 6.45) is -0.0213. The van der Waals surface area contributed by atoms with Crippen molar-refractivity contribution in [3.05, 3.63) is 53.1 Å². The minimum Gasteiger partial charge on any atom is -0.481 e. The van der Waals surface area contributed by atoms with Crippen molar-refractivity contribution in [2.45, 2.75) is 16.2 Å². The summed E-state index contributed by atoms with van der Waals surface area (Å²) < 4.78 is 0. The largest absolute Gasteiger partial charge is 0.481 e. The first-order valence-corrected chi connectivity index (χ1v) is 6.77. The Labute approximate surface area is 120 Å². The normalized spacial score (nSPS) is 10.4. The number of carbonyl (C=O) groups is 1. The average molecular weight is 294 g/mol. The smallest absolute Gasteiger partial charge is 0.307 e. The third-order valence-electron chi connectivity index (χ3n) is 2.46. The van der Waals surface area contributed by atoms with Crippen LogP contribution in [0.2, 0.25) is 5.02 Å². The minimum atomic E-state index is -0.866. The molecule has 19 heavy (non-hydrogen) atoms. The molecule has 3 N–H and O–H groups in total. The first-order chi connectivity index (χ1) is 9.04. The summed E-state index contributed by atoms with van der Waals surface area (Å²) in [5.41, 5.74) is 7.03. The topological polar surface area (TPSA) is 63.3 Å². The van der Waals surface area contributed by atoms with Crippen LogP contribution in [-0.4, -0.2) is 11.1 Å². The van der Waals surface area contributed by atoms with Gasteiger partial charge in [-0.2, -0.15) is 0 Å². The van der Waals surface area contributed by atoms with E-state index in [1.54, 1.807) is 12.1 Å². The van der Waals surface area contributed by atoms with E-state index in [0.29, 0.717) is 16.3 Å². The average Bonchev–Trinajstić information content (AvgIpc) is 2.34. The molecule has 0 spiro atoms. The predicted molar refractivity (Wildman–Crippen MR) is 77.8 cm³/mol. The number of carboxylic acid groups (broad SMARTS) is 1. The Morgan fingerprint density at radius 3 is 2.47 bits per heavy atom. The van der Waals surface area contributed by atoms with Crippen LogP contribution in [0, 0.1) is 0 Å². The fourth-order valence-corrected chi connectivity index (χ4v) is 2.71. The van der Waals surface area contributed by atoms with Gasteiger partial charge in [-0.3, -0.25) is 4.79 Å². The number of anilines is 1. The molecule has 98 valence electrons. The number of nitrogen functional groups attached to an aromatic ring is 1. The summed E-state index contributed by atoms with van der Waals surface area (Å²) in [5, 5.41) is 9.28. The highest BCUT2D eigenvalue weighted by Gasteiger charge is 2.06. The van der Waals surface area contributed by atoms with Gasteiger partial charge >= 0.3 is 5.97 Å². The van der Waals surface area contributed by atoms with Crippen LogP contribution in [0.5, 0.6) is 0 Å². The zero-order chi connectivity index (χ0) is 13.8. The first kappa shape index (κ1) is 13.8. The number of hydrogen-bond acceptors (Lipinski definition) is 3. The van der Waals surface area contributed by atoms with Crippen molar-refractivity contribution < 1.29 is 9.90 Å². The van der Waals surface area contributed by atoms with Crippen LogP contribution >= 0.6 is 23.4 Å². The van der Waals surface area contributed by atoms with Gasteiger partial charge in [0.15, 0.2) is 0 Å². The van der Waals surface area contributed by atoms with Crippen molar-refractivity contribution in [1.29, 1.82) is 0 Å². The molecule has 0 heterocycles. The van der Waals surface area contributed by atoms with Crippen molar-refractivity contribution in [2.75, 3.05) is 5.73 Å². The van der Waals surface area contributed by atoms with Crippen LogP contribution in [0.3, 0.4) is 0 Å². The number of halogens is 1. The SMILES string of the molecule is Nc1ccc(Sc2ccc(CC(=O)O)cc2Cl)cc1. The van der Waals surface area contributed by atoms with Gasteiger partial charge in [-0.05, 0) is 42.0 Å². The standard InChI is InChI=1S/C14H12ClNO2S/c15-12-7-9(8-14(17)18)1-6-13(12)19-11-4-2-10(16)3-5-11/h1-7H,8,16H2,(H,17,18). The second-order valence-electron chi connectivity index (χ2n) is 4.01. The van der Waals surface area contributed by atoms with E-state index in [1.165, 1.54) is 11.8 Å². The van der Waals surface area contributed by atoms with Crippen LogP contribution in [-0.2, 0) is 11.2 Å². The molecule has 0 aliphatic carbocycles. The lowest BCUT2D eigenvalue weighted by atomic mass is 10.1. The van der Waals surface area contributed by atoms with Gasteiger partial charge in [0.05, 0.1) is 11.4 Å². The summed E-state index contributed by atoms with van der Waals surface area (Å²) in [4.78, 5) is 12.5. The molecule has 0 fully saturated rings. The Hall–Kier alpha value is -1.65. The maximum atomic E-state index is 10.6. The maximum absolute atomic E-state index is 10.6. The highest BCUT2D eigenvalue weighted by Crippen LogP contribution is 2.34. The molecule has 0 aliphatic rings. The summed E-state index contributed by atoms with van der Waals surface area (Å²) in [5.74, 6) is -0.866. The zero-order valence-corrected chi connectivity index (χ0v) is 11.5. The molecule has 0 radical (unpaired) electrons. The second-order valence-corrected chi connectivity index (χ2v) is 5.53. The molecule has 5 heteroatoms. The minimum absolute atomic E-state index is 0.0213. The predicted octanol–water partition coefficient (Wildman–Crippen LogP) is 3.70. The van der Waals surface area contributed by atoms with Gasteiger partial charge in [-0.25, -0.2) is 0 Å². The van der Waals surface area contributed by atoms with E-state index in [-0.39, 0.29) is 6.42 Å². The first-order valence-electron chi connectivity index (χ1n) is 5.58. The number of benzene rings is 2. The van der Waals surface area contributed by atoms with Crippen LogP contribution in [0.1, 0.15) is 5.56 Å². The van der Waals surface area contributed by atoms with Gasteiger partial charge in [0.2, 0.25) is 0 Å². The molecule has 0 atom stereocenters. The Morgan fingerprint density at radius 1 is 1.21 bits per heavy atom. The van der Waals surface area contributed by atoms with E-state index in [2.05, 4.69) is 0 Å². The van der Waals surface area contributed by atoms with Crippen LogP contribution in [0.4, 0.5) is 5.69 Å². The van der Waals surface area contributed by atoms with Crippen molar-refractivity contribution in [2.24, 2.45) is 0 Å². The van der Waals surface area contributed by atoms with E-state index in [4.69, 9.17) is 22.4 Å². The number of aliphatic carboxylic acids is 1. The van der Waals surface area contributed by atoms with Crippen molar-refractivity contribution in [3.63, 3.8) is 0 Å². The van der Waals surface area contributed by atoms with E-state index in [0.717, 1.165) is 9.79 Å². The van der Waals surface area contributed by atoms with Crippen LogP contribution in [0.15, 0.2) is 52.3 Å². The summed E-state index contributed by atoms with van der Waals surface area (Å²) in [6.45, 7) is 0. The molecular formula is C14H12ClNO2S. The Bertz CT molecular complexity index is 599. The van der Waals surface area contributed by atoms with E-state index < -0.39 is 5.97 Å². The van der Waals surface area contributed by atoms with Crippen molar-refractivity contribution in [1.82, 2.24) is 0 Å². The highest BCUT2D eigenvalue weighted by atomic mass is 35.5. The molecule has 2 aromatic rings. The molecule has 2 rings (SSSR count). The number of carboxylic acids is 1. The third-order valence-corrected chi connectivity index (χ3v) is 3.97. The van der Waals surface area contributed by atoms with Gasteiger partial charge in [0.1, 0.15) is 0 Å². The molecule has 0 saturated carbocycles. The van der Waals surface area contributed by atoms with Crippen LogP contribution in [0.25, 0.3) is 0 Å². The number of hydrogen-bond donors (Lipinski definition) is 2. The Balaban J connectivity index is 2.17. The molecule has 3 nitrogen and oxygen atoms in total. The fraction of sp³-hybridized carbons (Fsp3) is 0.0714. The summed E-state index contributed by atoms with van der Waals surface area (Å²) in [7, 11) is 0. The number of nitrogens with two attached hydrogens (primary N) is 1. The molecule has 0 aliphatic heterocycles. The van der Waals surface area contributed by atoms with E-state index >= 15 is 0 Å². The Kier molecular flexibility index (Phi) is 4.35. The van der Waals surface area contributed by atoms with E-state index in [1.807, 2.05) is 30.3 Å². The van der Waals surface area contributed by atoms with Gasteiger partial charge in [-0.1, -0.05) is 29.4 Å². The van der Waals surface area contributed by atoms with Gasteiger partial charge in [0, 0.05) is 15.5 Å². The molecule has 0 amide bonds. The molecule has 2 aromatic carbocycles. The molecule has 0 unspecified atom stereocenters. The zero-order valence-electron chi connectivity index (χ0n) is 9.97. The molecular weight excluding hydrogens is 282 g/mol. The van der Waals surface area contributed by atoms with Gasteiger partial charge in [0.25, 0.3) is 0 Å². The lowest BCUT2D eigenvalue weighted by molar-refractivity contribution is -0.136. The third kappa shape index (κ3) is 3.91. The van der Waals surface area contributed by atoms with Gasteiger partial charge < -0.3 is 10.8 Å². The summed E-state index contributed by atoms with van der Waals surface area (Å²) >= 11 is 7.67. The fourth-order valence-electron chi connectivity index (χ4n) is 1.57. The van der Waals surface area contributed by atoms with Gasteiger partial charge in [-0.15, -0.1) is 0 Å². The van der Waals surface area contributed by atoms with Crippen molar-refractivity contribution in [3.8, 4) is 0 Å². The quantitative estimate of drug-likeness (QED) is 0.844. The maximum Gasteiger partial charge on any atom is 0.307 e. The molecule has 0 bridgehead atoms. The Morgan fingerprint density at radius 2 is 1.89 bits per heavy atom. The number of rotatable bonds is 4. The molecule has 0 aromatic heterocycles. The highest BCUT2D eigenvalue weighted by molar-refractivity contribution is 7.99. The molecule has 0 saturated heterocycles. The summed E-state index contributed by atoms with van der Waals surface area (Å²) in [6, 6.07) is 12.8.